The van der Waals surface area contributed by atoms with E-state index in [0.29, 0.717) is 12.8 Å². The lowest BCUT2D eigenvalue weighted by molar-refractivity contribution is -0.229. The smallest absolute Gasteiger partial charge is 0.0775 e. The molecule has 0 aliphatic heterocycles. The summed E-state index contributed by atoms with van der Waals surface area (Å²) in [5.41, 5.74) is -1.89. The van der Waals surface area contributed by atoms with Crippen LogP contribution in [-0.2, 0) is 0 Å². The zero-order chi connectivity index (χ0) is 11.1. The van der Waals surface area contributed by atoms with E-state index < -0.39 is 23.2 Å². The molecule has 4 atom stereocenters. The van der Waals surface area contributed by atoms with Crippen molar-refractivity contribution in [2.75, 3.05) is 6.61 Å². The van der Waals surface area contributed by atoms with Crippen LogP contribution in [-0.4, -0.2) is 44.8 Å². The van der Waals surface area contributed by atoms with Gasteiger partial charge in [-0.1, -0.05) is 12.8 Å². The molecule has 0 unspecified atom stereocenters. The predicted octanol–water partition coefficient (Wildman–Crippen LogP) is -0.214. The van der Waals surface area contributed by atoms with Crippen molar-refractivity contribution in [3.05, 3.63) is 0 Å². The molecule has 88 valence electrons. The monoisotopic (exact) mass is 216 g/mol. The summed E-state index contributed by atoms with van der Waals surface area (Å²) in [4.78, 5) is 0. The fourth-order valence-electron chi connectivity index (χ4n) is 3.41. The van der Waals surface area contributed by atoms with Crippen LogP contribution in [0.2, 0.25) is 0 Å². The lowest BCUT2D eigenvalue weighted by Gasteiger charge is -2.56. The summed E-state index contributed by atoms with van der Waals surface area (Å²) >= 11 is 0. The molecule has 0 aromatic carbocycles. The fourth-order valence-corrected chi connectivity index (χ4v) is 3.41. The van der Waals surface area contributed by atoms with Crippen LogP contribution in [0.4, 0.5) is 0 Å². The molecular weight excluding hydrogens is 196 g/mol. The van der Waals surface area contributed by atoms with E-state index in [1.807, 2.05) is 0 Å². The number of fused-ring (bicyclic) bond motifs is 1. The zero-order valence-electron chi connectivity index (χ0n) is 8.89. The van der Waals surface area contributed by atoms with Gasteiger partial charge in [0.2, 0.25) is 0 Å². The van der Waals surface area contributed by atoms with Crippen molar-refractivity contribution in [2.24, 2.45) is 5.41 Å². The molecule has 0 aromatic rings. The maximum atomic E-state index is 10.5. The zero-order valence-corrected chi connectivity index (χ0v) is 8.89. The van der Waals surface area contributed by atoms with Gasteiger partial charge in [-0.15, -0.1) is 0 Å². The average Bonchev–Trinajstić information content (AvgIpc) is 2.16. The molecule has 0 saturated heterocycles. The van der Waals surface area contributed by atoms with E-state index in [4.69, 9.17) is 0 Å². The minimum Gasteiger partial charge on any atom is -0.396 e. The highest BCUT2D eigenvalue weighted by Crippen LogP contribution is 2.52. The molecule has 2 saturated carbocycles. The third-order valence-electron chi connectivity index (χ3n) is 4.38. The fraction of sp³-hybridized carbons (Fsp3) is 1.00. The van der Waals surface area contributed by atoms with Crippen molar-refractivity contribution < 1.29 is 20.4 Å². The highest BCUT2D eigenvalue weighted by Gasteiger charge is 2.59. The van der Waals surface area contributed by atoms with Crippen molar-refractivity contribution in [1.29, 1.82) is 0 Å². The van der Waals surface area contributed by atoms with Crippen LogP contribution in [0.15, 0.2) is 0 Å². The van der Waals surface area contributed by atoms with Crippen LogP contribution in [0.5, 0.6) is 0 Å². The summed E-state index contributed by atoms with van der Waals surface area (Å²) in [6.45, 7) is -0.197. The standard InChI is InChI=1S/C11H20O4/c12-7-10-3-1-2-4-11(10,15)6-8(13)5-9(10)14/h8-9,12-15H,1-7H2/t8-,9+,10+,11-/m0/s1. The van der Waals surface area contributed by atoms with E-state index in [0.717, 1.165) is 12.8 Å². The predicted molar refractivity (Wildman–Crippen MR) is 54.2 cm³/mol. The van der Waals surface area contributed by atoms with E-state index in [1.165, 1.54) is 0 Å². The van der Waals surface area contributed by atoms with E-state index >= 15 is 0 Å². The lowest BCUT2D eigenvalue weighted by atomic mass is 9.55. The second-order valence-electron chi connectivity index (χ2n) is 5.16. The van der Waals surface area contributed by atoms with Gasteiger partial charge in [0.15, 0.2) is 0 Å². The van der Waals surface area contributed by atoms with Gasteiger partial charge in [-0.05, 0) is 12.8 Å². The number of hydrogen-bond donors (Lipinski definition) is 4. The Morgan fingerprint density at radius 3 is 2.47 bits per heavy atom. The highest BCUT2D eigenvalue weighted by atomic mass is 16.3. The Morgan fingerprint density at radius 2 is 1.80 bits per heavy atom. The maximum Gasteiger partial charge on any atom is 0.0775 e. The molecule has 4 N–H and O–H groups in total. The Morgan fingerprint density at radius 1 is 1.13 bits per heavy atom. The molecule has 15 heavy (non-hydrogen) atoms. The van der Waals surface area contributed by atoms with E-state index in [2.05, 4.69) is 0 Å². The van der Waals surface area contributed by atoms with Gasteiger partial charge in [-0.3, -0.25) is 0 Å². The Kier molecular flexibility index (Phi) is 2.79. The second-order valence-corrected chi connectivity index (χ2v) is 5.16. The van der Waals surface area contributed by atoms with Crippen molar-refractivity contribution in [3.63, 3.8) is 0 Å². The first-order valence-corrected chi connectivity index (χ1v) is 5.73. The number of aliphatic hydroxyl groups excluding tert-OH is 3. The molecule has 4 heteroatoms. The highest BCUT2D eigenvalue weighted by molar-refractivity contribution is 5.09. The molecule has 2 fully saturated rings. The summed E-state index contributed by atoms with van der Waals surface area (Å²) in [5, 5.41) is 39.6. The maximum absolute atomic E-state index is 10.5. The van der Waals surface area contributed by atoms with Gasteiger partial charge in [0.25, 0.3) is 0 Å². The van der Waals surface area contributed by atoms with Crippen LogP contribution in [0.1, 0.15) is 38.5 Å². The Bertz CT molecular complexity index is 245. The van der Waals surface area contributed by atoms with Crippen LogP contribution in [0.25, 0.3) is 0 Å². The molecule has 2 rings (SSSR count). The molecule has 0 radical (unpaired) electrons. The van der Waals surface area contributed by atoms with Gasteiger partial charge in [0, 0.05) is 18.3 Å². The van der Waals surface area contributed by atoms with Gasteiger partial charge in [-0.25, -0.2) is 0 Å². The third kappa shape index (κ3) is 1.51. The largest absolute Gasteiger partial charge is 0.396 e. The van der Waals surface area contributed by atoms with Gasteiger partial charge < -0.3 is 20.4 Å². The summed E-state index contributed by atoms with van der Waals surface area (Å²) in [6, 6.07) is 0. The Hall–Kier alpha value is -0.160. The van der Waals surface area contributed by atoms with E-state index in [-0.39, 0.29) is 19.4 Å². The molecule has 0 spiro atoms. The molecule has 0 bridgehead atoms. The summed E-state index contributed by atoms with van der Waals surface area (Å²) < 4.78 is 0. The Balaban J connectivity index is 2.32. The topological polar surface area (TPSA) is 80.9 Å². The number of aliphatic hydroxyl groups is 4. The summed E-state index contributed by atoms with van der Waals surface area (Å²) in [5.74, 6) is 0. The SMILES string of the molecule is OC[C@@]12CCCC[C@]1(O)C[C@@H](O)C[C@H]2O. The minimum absolute atomic E-state index is 0.197. The van der Waals surface area contributed by atoms with Gasteiger partial charge >= 0.3 is 0 Å². The summed E-state index contributed by atoms with van der Waals surface area (Å²) in [6.07, 6.45) is 2.15. The van der Waals surface area contributed by atoms with Crippen molar-refractivity contribution >= 4 is 0 Å². The molecule has 2 aliphatic rings. The van der Waals surface area contributed by atoms with Gasteiger partial charge in [0.1, 0.15) is 0 Å². The van der Waals surface area contributed by atoms with Crippen LogP contribution < -0.4 is 0 Å². The van der Waals surface area contributed by atoms with Crippen LogP contribution in [0, 0.1) is 5.41 Å². The van der Waals surface area contributed by atoms with Crippen LogP contribution in [0.3, 0.4) is 0 Å². The molecule has 0 amide bonds. The number of hydrogen-bond acceptors (Lipinski definition) is 4. The van der Waals surface area contributed by atoms with Gasteiger partial charge in [-0.2, -0.15) is 0 Å². The molecular formula is C11H20O4. The van der Waals surface area contributed by atoms with E-state index in [9.17, 15) is 20.4 Å². The molecule has 0 aromatic heterocycles. The summed E-state index contributed by atoms with van der Waals surface area (Å²) in [7, 11) is 0. The Labute approximate surface area is 89.6 Å². The van der Waals surface area contributed by atoms with E-state index in [1.54, 1.807) is 0 Å². The molecule has 0 heterocycles. The van der Waals surface area contributed by atoms with Gasteiger partial charge in [0.05, 0.1) is 24.4 Å². The minimum atomic E-state index is -1.09. The average molecular weight is 216 g/mol. The van der Waals surface area contributed by atoms with Crippen LogP contribution >= 0.6 is 0 Å². The van der Waals surface area contributed by atoms with Crippen molar-refractivity contribution in [3.8, 4) is 0 Å². The molecule has 2 aliphatic carbocycles. The quantitative estimate of drug-likeness (QED) is 0.489. The normalized spacial score (nSPS) is 51.2. The lowest BCUT2D eigenvalue weighted by Crippen LogP contribution is -2.64. The first-order valence-electron chi connectivity index (χ1n) is 5.73. The number of rotatable bonds is 1. The first-order chi connectivity index (χ1) is 7.04. The van der Waals surface area contributed by atoms with Crippen molar-refractivity contribution in [2.45, 2.75) is 56.3 Å². The first kappa shape index (κ1) is 11.3. The molecule has 4 nitrogen and oxygen atoms in total. The second kappa shape index (κ2) is 3.70. The third-order valence-corrected chi connectivity index (χ3v) is 4.38. The van der Waals surface area contributed by atoms with Crippen molar-refractivity contribution in [1.82, 2.24) is 0 Å².